The van der Waals surface area contributed by atoms with Gasteiger partial charge >= 0.3 is 0 Å². The van der Waals surface area contributed by atoms with Gasteiger partial charge in [0.2, 0.25) is 0 Å². The fourth-order valence-electron chi connectivity index (χ4n) is 1.39. The minimum atomic E-state index is -3.36. The second kappa shape index (κ2) is 4.14. The molecule has 1 aliphatic rings. The quantitative estimate of drug-likeness (QED) is 0.503. The van der Waals surface area contributed by atoms with E-state index in [0.29, 0.717) is 12.8 Å². The Labute approximate surface area is 84.5 Å². The number of hydrogen-bond acceptors (Lipinski definition) is 5. The summed E-state index contributed by atoms with van der Waals surface area (Å²) in [5.74, 6) is -0.648. The second-order valence-electron chi connectivity index (χ2n) is 3.29. The van der Waals surface area contributed by atoms with Crippen molar-refractivity contribution in [3.63, 3.8) is 0 Å². The Hall–Kier alpha value is -0.170. The maximum Gasteiger partial charge on any atom is 0.267 e. The summed E-state index contributed by atoms with van der Waals surface area (Å²) < 4.78 is 37.3. The zero-order valence-corrected chi connectivity index (χ0v) is 9.46. The third-order valence-electron chi connectivity index (χ3n) is 2.46. The van der Waals surface area contributed by atoms with Crippen LogP contribution < -0.4 is 0 Å². The highest BCUT2D eigenvalue weighted by Gasteiger charge is 2.47. The van der Waals surface area contributed by atoms with Crippen molar-refractivity contribution in [3.8, 4) is 0 Å². The van der Waals surface area contributed by atoms with Crippen LogP contribution in [0, 0.1) is 0 Å². The number of methoxy groups -OCH3 is 2. The Morgan fingerprint density at radius 2 is 1.79 bits per heavy atom. The fourth-order valence-corrected chi connectivity index (χ4v) is 2.08. The zero-order chi connectivity index (χ0) is 10.8. The maximum absolute atomic E-state index is 11.1. The summed E-state index contributed by atoms with van der Waals surface area (Å²) in [5, 5.41) is 0. The SMILES string of the molecule is CCS(=O)(=O)OC1CC(OC)(OC)C1. The van der Waals surface area contributed by atoms with E-state index in [1.807, 2.05) is 0 Å². The van der Waals surface area contributed by atoms with Gasteiger partial charge in [-0.15, -0.1) is 0 Å². The molecule has 0 heterocycles. The van der Waals surface area contributed by atoms with E-state index >= 15 is 0 Å². The Morgan fingerprint density at radius 3 is 2.14 bits per heavy atom. The first-order chi connectivity index (χ1) is 6.47. The number of rotatable bonds is 5. The van der Waals surface area contributed by atoms with Crippen LogP contribution >= 0.6 is 0 Å². The third kappa shape index (κ3) is 2.44. The van der Waals surface area contributed by atoms with Crippen LogP contribution in [0.25, 0.3) is 0 Å². The molecule has 0 spiro atoms. The van der Waals surface area contributed by atoms with Crippen molar-refractivity contribution in [2.24, 2.45) is 0 Å². The van der Waals surface area contributed by atoms with Gasteiger partial charge in [-0.1, -0.05) is 0 Å². The molecule has 0 aliphatic heterocycles. The normalized spacial score (nSPS) is 21.9. The molecule has 1 fully saturated rings. The first-order valence-electron chi connectivity index (χ1n) is 4.48. The largest absolute Gasteiger partial charge is 0.353 e. The summed E-state index contributed by atoms with van der Waals surface area (Å²) in [6.07, 6.45) is 0.609. The molecule has 0 N–H and O–H groups in total. The minimum Gasteiger partial charge on any atom is -0.353 e. The van der Waals surface area contributed by atoms with Gasteiger partial charge in [0.25, 0.3) is 10.1 Å². The monoisotopic (exact) mass is 224 g/mol. The van der Waals surface area contributed by atoms with Crippen molar-refractivity contribution >= 4 is 10.1 Å². The van der Waals surface area contributed by atoms with Crippen LogP contribution in [-0.4, -0.2) is 40.3 Å². The van der Waals surface area contributed by atoms with Crippen molar-refractivity contribution in [2.45, 2.75) is 31.7 Å². The molecule has 1 saturated carbocycles. The molecule has 0 unspecified atom stereocenters. The highest BCUT2D eigenvalue weighted by atomic mass is 32.2. The molecule has 1 aliphatic carbocycles. The molecule has 0 aromatic heterocycles. The molecule has 1 rings (SSSR count). The highest BCUT2D eigenvalue weighted by molar-refractivity contribution is 7.86. The average Bonchev–Trinajstić information content (AvgIpc) is 2.11. The molecule has 0 saturated heterocycles. The fraction of sp³-hybridized carbons (Fsp3) is 1.00. The van der Waals surface area contributed by atoms with Crippen molar-refractivity contribution in [1.82, 2.24) is 0 Å². The highest BCUT2D eigenvalue weighted by Crippen LogP contribution is 2.38. The van der Waals surface area contributed by atoms with Crippen molar-refractivity contribution < 1.29 is 22.1 Å². The Balaban J connectivity index is 2.42. The summed E-state index contributed by atoms with van der Waals surface area (Å²) in [6.45, 7) is 1.55. The lowest BCUT2D eigenvalue weighted by Crippen LogP contribution is -2.51. The minimum absolute atomic E-state index is 0.00351. The molecular formula is C8H16O5S. The summed E-state index contributed by atoms with van der Waals surface area (Å²) in [7, 11) is -0.286. The lowest BCUT2D eigenvalue weighted by atomic mass is 9.88. The van der Waals surface area contributed by atoms with E-state index in [4.69, 9.17) is 13.7 Å². The van der Waals surface area contributed by atoms with Gasteiger partial charge in [-0.2, -0.15) is 8.42 Å². The number of ether oxygens (including phenoxy) is 2. The van der Waals surface area contributed by atoms with Gasteiger partial charge in [0, 0.05) is 27.1 Å². The Bertz CT molecular complexity index is 272. The summed E-state index contributed by atoms with van der Waals surface area (Å²) >= 11 is 0. The molecule has 5 nitrogen and oxygen atoms in total. The van der Waals surface area contributed by atoms with E-state index in [9.17, 15) is 8.42 Å². The molecule has 0 amide bonds. The second-order valence-corrected chi connectivity index (χ2v) is 5.18. The van der Waals surface area contributed by atoms with Crippen LogP contribution in [0.15, 0.2) is 0 Å². The van der Waals surface area contributed by atoms with Crippen LogP contribution in [-0.2, 0) is 23.8 Å². The summed E-state index contributed by atoms with van der Waals surface area (Å²) in [6, 6.07) is 0. The maximum atomic E-state index is 11.1. The van der Waals surface area contributed by atoms with Gasteiger partial charge in [-0.3, -0.25) is 4.18 Å². The van der Waals surface area contributed by atoms with Gasteiger partial charge in [-0.25, -0.2) is 0 Å². The van der Waals surface area contributed by atoms with Gasteiger partial charge in [0.1, 0.15) is 0 Å². The molecule has 0 radical (unpaired) electrons. The van der Waals surface area contributed by atoms with Gasteiger partial charge in [0.15, 0.2) is 5.79 Å². The summed E-state index contributed by atoms with van der Waals surface area (Å²) in [4.78, 5) is 0. The lowest BCUT2D eigenvalue weighted by molar-refractivity contribution is -0.277. The summed E-state index contributed by atoms with van der Waals surface area (Å²) in [5.41, 5.74) is 0. The Morgan fingerprint density at radius 1 is 1.29 bits per heavy atom. The van der Waals surface area contributed by atoms with E-state index in [0.717, 1.165) is 0 Å². The first-order valence-corrected chi connectivity index (χ1v) is 6.06. The lowest BCUT2D eigenvalue weighted by Gasteiger charge is -2.43. The molecule has 0 aromatic rings. The van der Waals surface area contributed by atoms with Gasteiger partial charge in [0.05, 0.1) is 11.9 Å². The van der Waals surface area contributed by atoms with E-state index in [2.05, 4.69) is 0 Å². The molecule has 84 valence electrons. The van der Waals surface area contributed by atoms with Crippen LogP contribution in [0.1, 0.15) is 19.8 Å². The predicted octanol–water partition coefficient (Wildman–Crippen LogP) is 0.504. The van der Waals surface area contributed by atoms with E-state index in [1.165, 1.54) is 14.2 Å². The molecule has 6 heteroatoms. The van der Waals surface area contributed by atoms with E-state index in [-0.39, 0.29) is 11.9 Å². The smallest absolute Gasteiger partial charge is 0.267 e. The Kier molecular flexibility index (Phi) is 3.52. The zero-order valence-electron chi connectivity index (χ0n) is 8.65. The van der Waals surface area contributed by atoms with Crippen molar-refractivity contribution in [2.75, 3.05) is 20.0 Å². The van der Waals surface area contributed by atoms with Crippen LogP contribution in [0.3, 0.4) is 0 Å². The third-order valence-corrected chi connectivity index (χ3v) is 3.73. The molecule has 0 aromatic carbocycles. The van der Waals surface area contributed by atoms with Crippen LogP contribution in [0.4, 0.5) is 0 Å². The van der Waals surface area contributed by atoms with E-state index in [1.54, 1.807) is 6.92 Å². The topological polar surface area (TPSA) is 61.8 Å². The molecular weight excluding hydrogens is 208 g/mol. The standard InChI is InChI=1S/C8H16O5S/c1-4-14(9,10)13-7-5-8(6-7,11-2)12-3/h7H,4-6H2,1-3H3. The molecule has 14 heavy (non-hydrogen) atoms. The average molecular weight is 224 g/mol. The van der Waals surface area contributed by atoms with Crippen molar-refractivity contribution in [1.29, 1.82) is 0 Å². The first kappa shape index (κ1) is 11.9. The van der Waals surface area contributed by atoms with E-state index < -0.39 is 15.9 Å². The van der Waals surface area contributed by atoms with Crippen LogP contribution in [0.5, 0.6) is 0 Å². The van der Waals surface area contributed by atoms with Gasteiger partial charge in [-0.05, 0) is 6.92 Å². The molecule has 0 atom stereocenters. The van der Waals surface area contributed by atoms with Crippen molar-refractivity contribution in [3.05, 3.63) is 0 Å². The van der Waals surface area contributed by atoms with Gasteiger partial charge < -0.3 is 9.47 Å². The molecule has 0 bridgehead atoms. The number of hydrogen-bond donors (Lipinski definition) is 0. The predicted molar refractivity (Wildman–Crippen MR) is 50.3 cm³/mol. The van der Waals surface area contributed by atoms with Crippen LogP contribution in [0.2, 0.25) is 0 Å².